The van der Waals surface area contributed by atoms with Crippen molar-refractivity contribution < 1.29 is 9.47 Å². The molecule has 0 radical (unpaired) electrons. The molecule has 0 aliphatic carbocycles. The van der Waals surface area contributed by atoms with Crippen molar-refractivity contribution in [2.24, 2.45) is 0 Å². The van der Waals surface area contributed by atoms with Gasteiger partial charge in [0.15, 0.2) is 11.5 Å². The molecular formula is C23H25NO2. The van der Waals surface area contributed by atoms with Gasteiger partial charge in [0.2, 0.25) is 0 Å². The number of nitrogens with one attached hydrogen (secondary N) is 1. The molecule has 0 aromatic heterocycles. The minimum absolute atomic E-state index is 0.529. The van der Waals surface area contributed by atoms with Gasteiger partial charge in [-0.3, -0.25) is 0 Å². The lowest BCUT2D eigenvalue weighted by Crippen LogP contribution is -2.03. The molecule has 3 aromatic carbocycles. The van der Waals surface area contributed by atoms with Gasteiger partial charge in [0.05, 0.1) is 6.61 Å². The van der Waals surface area contributed by atoms with Gasteiger partial charge in [0.25, 0.3) is 0 Å². The predicted octanol–water partition coefficient (Wildman–Crippen LogP) is 5.58. The summed E-state index contributed by atoms with van der Waals surface area (Å²) >= 11 is 0. The maximum atomic E-state index is 5.97. The Bertz CT molecular complexity index is 831. The van der Waals surface area contributed by atoms with Crippen LogP contribution in [-0.2, 0) is 13.2 Å². The van der Waals surface area contributed by atoms with Gasteiger partial charge in [0.1, 0.15) is 6.61 Å². The molecule has 0 aliphatic heterocycles. The van der Waals surface area contributed by atoms with E-state index in [1.807, 2.05) is 43.3 Å². The van der Waals surface area contributed by atoms with Crippen molar-refractivity contribution >= 4 is 5.69 Å². The molecule has 26 heavy (non-hydrogen) atoms. The van der Waals surface area contributed by atoms with Crippen LogP contribution < -0.4 is 14.8 Å². The molecule has 3 rings (SSSR count). The number of benzene rings is 3. The number of aryl methyl sites for hydroxylation is 1. The van der Waals surface area contributed by atoms with E-state index in [0.29, 0.717) is 13.2 Å². The third-order valence-corrected chi connectivity index (χ3v) is 4.17. The standard InChI is InChI=1S/C23H25NO2/c1-3-25-23-15-20(16-24-21-12-8-7-9-18(21)2)13-14-22(23)26-17-19-10-5-4-6-11-19/h4-15,24H,3,16-17H2,1-2H3. The summed E-state index contributed by atoms with van der Waals surface area (Å²) in [5.41, 5.74) is 4.68. The summed E-state index contributed by atoms with van der Waals surface area (Å²) in [5, 5.41) is 3.48. The number of hydrogen-bond acceptors (Lipinski definition) is 3. The second-order valence-corrected chi connectivity index (χ2v) is 6.16. The fourth-order valence-electron chi connectivity index (χ4n) is 2.75. The summed E-state index contributed by atoms with van der Waals surface area (Å²) in [4.78, 5) is 0. The number of para-hydroxylation sites is 1. The lowest BCUT2D eigenvalue weighted by atomic mass is 10.1. The van der Waals surface area contributed by atoms with E-state index in [2.05, 4.69) is 48.6 Å². The van der Waals surface area contributed by atoms with Gasteiger partial charge in [-0.25, -0.2) is 0 Å². The lowest BCUT2D eigenvalue weighted by Gasteiger charge is -2.15. The van der Waals surface area contributed by atoms with Crippen LogP contribution in [0.25, 0.3) is 0 Å². The van der Waals surface area contributed by atoms with Gasteiger partial charge >= 0.3 is 0 Å². The first-order valence-electron chi connectivity index (χ1n) is 8.98. The first-order chi connectivity index (χ1) is 12.8. The summed E-state index contributed by atoms with van der Waals surface area (Å²) in [6.07, 6.45) is 0. The van der Waals surface area contributed by atoms with Gasteiger partial charge in [-0.2, -0.15) is 0 Å². The third-order valence-electron chi connectivity index (χ3n) is 4.17. The number of rotatable bonds is 8. The minimum Gasteiger partial charge on any atom is -0.490 e. The molecular weight excluding hydrogens is 322 g/mol. The van der Waals surface area contributed by atoms with Crippen LogP contribution in [0.15, 0.2) is 72.8 Å². The van der Waals surface area contributed by atoms with Crippen molar-refractivity contribution in [3.05, 3.63) is 89.5 Å². The van der Waals surface area contributed by atoms with Gasteiger partial charge < -0.3 is 14.8 Å². The molecule has 0 aliphatic rings. The normalized spacial score (nSPS) is 10.4. The molecule has 0 unspecified atom stereocenters. The molecule has 0 spiro atoms. The summed E-state index contributed by atoms with van der Waals surface area (Å²) in [7, 11) is 0. The summed E-state index contributed by atoms with van der Waals surface area (Å²) in [6.45, 7) is 5.97. The molecule has 0 saturated heterocycles. The molecule has 134 valence electrons. The quantitative estimate of drug-likeness (QED) is 0.576. The monoisotopic (exact) mass is 347 g/mol. The average molecular weight is 347 g/mol. The van der Waals surface area contributed by atoms with Crippen molar-refractivity contribution in [3.63, 3.8) is 0 Å². The molecule has 0 heterocycles. The molecule has 0 atom stereocenters. The van der Waals surface area contributed by atoms with Crippen molar-refractivity contribution in [1.82, 2.24) is 0 Å². The van der Waals surface area contributed by atoms with Crippen LogP contribution in [0.1, 0.15) is 23.6 Å². The Hall–Kier alpha value is -2.94. The van der Waals surface area contributed by atoms with E-state index in [1.165, 1.54) is 5.56 Å². The maximum absolute atomic E-state index is 5.97. The van der Waals surface area contributed by atoms with Crippen molar-refractivity contribution in [1.29, 1.82) is 0 Å². The Balaban J connectivity index is 1.68. The summed E-state index contributed by atoms with van der Waals surface area (Å²) in [5.74, 6) is 1.56. The zero-order chi connectivity index (χ0) is 18.2. The smallest absolute Gasteiger partial charge is 0.161 e. The van der Waals surface area contributed by atoms with E-state index in [4.69, 9.17) is 9.47 Å². The molecule has 0 bridgehead atoms. The van der Waals surface area contributed by atoms with Gasteiger partial charge in [-0.15, -0.1) is 0 Å². The van der Waals surface area contributed by atoms with E-state index in [9.17, 15) is 0 Å². The highest BCUT2D eigenvalue weighted by Gasteiger charge is 2.07. The second-order valence-electron chi connectivity index (χ2n) is 6.16. The molecule has 0 fully saturated rings. The third kappa shape index (κ3) is 4.79. The van der Waals surface area contributed by atoms with E-state index in [0.717, 1.165) is 34.9 Å². The predicted molar refractivity (Wildman–Crippen MR) is 107 cm³/mol. The second kappa shape index (κ2) is 8.95. The lowest BCUT2D eigenvalue weighted by molar-refractivity contribution is 0.269. The number of hydrogen-bond donors (Lipinski definition) is 1. The zero-order valence-electron chi connectivity index (χ0n) is 15.4. The van der Waals surface area contributed by atoms with E-state index in [1.54, 1.807) is 0 Å². The van der Waals surface area contributed by atoms with Crippen LogP contribution in [0.4, 0.5) is 5.69 Å². The Morgan fingerprint density at radius 3 is 2.31 bits per heavy atom. The molecule has 0 amide bonds. The fourth-order valence-corrected chi connectivity index (χ4v) is 2.75. The Kier molecular flexibility index (Phi) is 6.15. The van der Waals surface area contributed by atoms with Gasteiger partial charge in [0, 0.05) is 12.2 Å². The van der Waals surface area contributed by atoms with E-state index < -0.39 is 0 Å². The zero-order valence-corrected chi connectivity index (χ0v) is 15.4. The Labute approximate surface area is 155 Å². The molecule has 3 nitrogen and oxygen atoms in total. The Morgan fingerprint density at radius 1 is 0.769 bits per heavy atom. The average Bonchev–Trinajstić information content (AvgIpc) is 2.68. The SMILES string of the molecule is CCOc1cc(CNc2ccccc2C)ccc1OCc1ccccc1. The van der Waals surface area contributed by atoms with Crippen LogP contribution >= 0.6 is 0 Å². The first-order valence-corrected chi connectivity index (χ1v) is 8.98. The summed E-state index contributed by atoms with van der Waals surface area (Å²) < 4.78 is 11.8. The van der Waals surface area contributed by atoms with Crippen molar-refractivity contribution in [2.45, 2.75) is 27.0 Å². The van der Waals surface area contributed by atoms with Crippen LogP contribution in [0.2, 0.25) is 0 Å². The highest BCUT2D eigenvalue weighted by atomic mass is 16.5. The van der Waals surface area contributed by atoms with Crippen molar-refractivity contribution in [2.75, 3.05) is 11.9 Å². The molecule has 3 heteroatoms. The van der Waals surface area contributed by atoms with Gasteiger partial charge in [-0.05, 0) is 48.7 Å². The van der Waals surface area contributed by atoms with Crippen LogP contribution in [0.3, 0.4) is 0 Å². The van der Waals surface area contributed by atoms with Gasteiger partial charge in [-0.1, -0.05) is 54.6 Å². The largest absolute Gasteiger partial charge is 0.490 e. The van der Waals surface area contributed by atoms with E-state index in [-0.39, 0.29) is 0 Å². The highest BCUT2D eigenvalue weighted by molar-refractivity contribution is 5.51. The topological polar surface area (TPSA) is 30.5 Å². The number of anilines is 1. The van der Waals surface area contributed by atoms with Crippen LogP contribution in [-0.4, -0.2) is 6.61 Å². The molecule has 3 aromatic rings. The molecule has 0 saturated carbocycles. The summed E-state index contributed by atoms with van der Waals surface area (Å²) in [6, 6.07) is 24.6. The fraction of sp³-hybridized carbons (Fsp3) is 0.217. The first kappa shape index (κ1) is 17.9. The molecule has 1 N–H and O–H groups in total. The number of ether oxygens (including phenoxy) is 2. The maximum Gasteiger partial charge on any atom is 0.161 e. The van der Waals surface area contributed by atoms with Crippen LogP contribution in [0, 0.1) is 6.92 Å². The minimum atomic E-state index is 0.529. The van der Waals surface area contributed by atoms with Crippen molar-refractivity contribution in [3.8, 4) is 11.5 Å². The highest BCUT2D eigenvalue weighted by Crippen LogP contribution is 2.29. The van der Waals surface area contributed by atoms with E-state index >= 15 is 0 Å². The Morgan fingerprint density at radius 2 is 1.54 bits per heavy atom. The van der Waals surface area contributed by atoms with Crippen LogP contribution in [0.5, 0.6) is 11.5 Å².